The molecule has 0 aliphatic carbocycles. The predicted molar refractivity (Wildman–Crippen MR) is 99.5 cm³/mol. The van der Waals surface area contributed by atoms with Gasteiger partial charge in [0.25, 0.3) is 5.91 Å². The number of amides is 1. The van der Waals surface area contributed by atoms with Gasteiger partial charge in [-0.1, -0.05) is 22.0 Å². The zero-order chi connectivity index (χ0) is 20.3. The van der Waals surface area contributed by atoms with E-state index in [2.05, 4.69) is 41.3 Å². The molecule has 0 saturated carbocycles. The number of nitrogens with two attached hydrogens (primary N) is 4. The highest BCUT2D eigenvalue weighted by Crippen LogP contribution is 2.26. The van der Waals surface area contributed by atoms with Crippen LogP contribution in [0.2, 0.25) is 0 Å². The van der Waals surface area contributed by atoms with Crippen molar-refractivity contribution in [2.45, 2.75) is 24.4 Å². The molecule has 1 atom stereocenters. The SMILES string of the molecule is NN=NC1=NC(N=NN)=C(Cl)NC1C(=O)/N=C1/NC2(CCN(N)CC2)CN1N. The number of nitrogens with one attached hydrogen (secondary N) is 2. The first-order valence-corrected chi connectivity index (χ1v) is 8.64. The van der Waals surface area contributed by atoms with Crippen molar-refractivity contribution >= 4 is 29.3 Å². The van der Waals surface area contributed by atoms with Crippen LogP contribution in [0, 0.1) is 0 Å². The third-order valence-electron chi connectivity index (χ3n) is 4.60. The number of hydrazine groups is 2. The van der Waals surface area contributed by atoms with Crippen LogP contribution < -0.4 is 34.0 Å². The van der Waals surface area contributed by atoms with E-state index in [1.54, 1.807) is 5.01 Å². The largest absolute Gasteiger partial charge is 0.355 e. The van der Waals surface area contributed by atoms with Gasteiger partial charge in [0, 0.05) is 13.1 Å². The topological polar surface area (TPSA) is 226 Å². The van der Waals surface area contributed by atoms with E-state index in [1.807, 2.05) is 0 Å². The van der Waals surface area contributed by atoms with Gasteiger partial charge in [0.1, 0.15) is 0 Å². The molecule has 16 heteroatoms. The summed E-state index contributed by atoms with van der Waals surface area (Å²) in [5, 5.41) is 22.4. The minimum atomic E-state index is -1.14. The second-order valence-electron chi connectivity index (χ2n) is 6.46. The van der Waals surface area contributed by atoms with Crippen LogP contribution in [-0.4, -0.2) is 58.9 Å². The monoisotopic (exact) mass is 412 g/mol. The second kappa shape index (κ2) is 8.01. The molecule has 152 valence electrons. The average molecular weight is 413 g/mol. The molecule has 3 aliphatic rings. The molecule has 1 spiro atoms. The Kier molecular flexibility index (Phi) is 5.68. The highest BCUT2D eigenvalue weighted by Gasteiger charge is 2.43. The van der Waals surface area contributed by atoms with Gasteiger partial charge in [-0.2, -0.15) is 4.99 Å². The molecule has 0 aromatic carbocycles. The summed E-state index contributed by atoms with van der Waals surface area (Å²) in [5.74, 6) is 21.3. The third-order valence-corrected chi connectivity index (χ3v) is 4.88. The van der Waals surface area contributed by atoms with Gasteiger partial charge in [-0.3, -0.25) is 15.6 Å². The quantitative estimate of drug-likeness (QED) is 0.124. The van der Waals surface area contributed by atoms with E-state index in [0.29, 0.717) is 19.6 Å². The summed E-state index contributed by atoms with van der Waals surface area (Å²) >= 11 is 6.02. The van der Waals surface area contributed by atoms with E-state index in [9.17, 15) is 4.79 Å². The van der Waals surface area contributed by atoms with Gasteiger partial charge in [-0.15, -0.1) is 10.2 Å². The van der Waals surface area contributed by atoms with Crippen molar-refractivity contribution in [3.63, 3.8) is 0 Å². The summed E-state index contributed by atoms with van der Waals surface area (Å²) in [6.45, 7) is 1.91. The number of halogens is 1. The summed E-state index contributed by atoms with van der Waals surface area (Å²) in [5.41, 5.74) is -0.288. The van der Waals surface area contributed by atoms with Crippen molar-refractivity contribution < 1.29 is 4.79 Å². The zero-order valence-corrected chi connectivity index (χ0v) is 15.5. The highest BCUT2D eigenvalue weighted by atomic mass is 35.5. The Balaban J connectivity index is 1.79. The van der Waals surface area contributed by atoms with Crippen molar-refractivity contribution in [3.8, 4) is 0 Å². The molecule has 2 saturated heterocycles. The van der Waals surface area contributed by atoms with E-state index in [1.165, 1.54) is 5.01 Å². The van der Waals surface area contributed by atoms with Crippen molar-refractivity contribution in [3.05, 3.63) is 11.0 Å². The number of carbonyl (C=O) groups excluding carboxylic acids is 1. The molecular weight excluding hydrogens is 392 g/mol. The van der Waals surface area contributed by atoms with Crippen molar-refractivity contribution in [2.75, 3.05) is 19.6 Å². The van der Waals surface area contributed by atoms with E-state index >= 15 is 0 Å². The van der Waals surface area contributed by atoms with Crippen LogP contribution in [0.15, 0.2) is 41.6 Å². The maximum atomic E-state index is 12.7. The normalized spacial score (nSPS) is 27.0. The lowest BCUT2D eigenvalue weighted by molar-refractivity contribution is -0.118. The average Bonchev–Trinajstić information content (AvgIpc) is 2.96. The Labute approximate surface area is 164 Å². The molecule has 1 unspecified atom stereocenters. The third kappa shape index (κ3) is 4.01. The molecule has 3 aliphatic heterocycles. The van der Waals surface area contributed by atoms with Crippen molar-refractivity contribution in [2.24, 2.45) is 54.0 Å². The highest BCUT2D eigenvalue weighted by molar-refractivity contribution is 6.30. The molecule has 28 heavy (non-hydrogen) atoms. The first kappa shape index (κ1) is 19.9. The number of guanidine groups is 1. The molecule has 0 bridgehead atoms. The van der Waals surface area contributed by atoms with E-state index in [0.717, 1.165) is 12.8 Å². The molecule has 3 rings (SSSR count). The van der Waals surface area contributed by atoms with Crippen LogP contribution in [0.4, 0.5) is 0 Å². The number of aliphatic imine (C=N–C) groups is 2. The van der Waals surface area contributed by atoms with Gasteiger partial charge < -0.3 is 22.3 Å². The van der Waals surface area contributed by atoms with E-state index < -0.39 is 11.9 Å². The van der Waals surface area contributed by atoms with Crippen LogP contribution in [0.1, 0.15) is 12.8 Å². The first-order chi connectivity index (χ1) is 13.4. The van der Waals surface area contributed by atoms with Gasteiger partial charge in [-0.05, 0) is 12.8 Å². The summed E-state index contributed by atoms with van der Waals surface area (Å²) in [6, 6.07) is -1.14. The van der Waals surface area contributed by atoms with E-state index in [4.69, 9.17) is 35.0 Å². The minimum absolute atomic E-state index is 0.0560. The van der Waals surface area contributed by atoms with Crippen LogP contribution in [0.3, 0.4) is 0 Å². The molecule has 0 radical (unpaired) electrons. The number of rotatable bonds is 2. The Hall–Kier alpha value is -2.88. The molecule has 3 heterocycles. The second-order valence-corrected chi connectivity index (χ2v) is 6.84. The van der Waals surface area contributed by atoms with Gasteiger partial charge >= 0.3 is 0 Å². The number of hydrogen-bond acceptors (Lipinski definition) is 10. The minimum Gasteiger partial charge on any atom is -0.355 e. The fourth-order valence-corrected chi connectivity index (χ4v) is 3.35. The lowest BCUT2D eigenvalue weighted by Gasteiger charge is -2.36. The Bertz CT molecular complexity index is 779. The molecule has 0 aromatic rings. The van der Waals surface area contributed by atoms with Crippen molar-refractivity contribution in [1.82, 2.24) is 20.7 Å². The number of nitrogens with zero attached hydrogens (tertiary/aromatic N) is 8. The maximum Gasteiger partial charge on any atom is 0.279 e. The Morgan fingerprint density at radius 2 is 1.89 bits per heavy atom. The molecule has 15 nitrogen and oxygen atoms in total. The van der Waals surface area contributed by atoms with Gasteiger partial charge in [0.15, 0.2) is 17.0 Å². The molecule has 10 N–H and O–H groups in total. The lowest BCUT2D eigenvalue weighted by atomic mass is 9.89. The Morgan fingerprint density at radius 1 is 1.21 bits per heavy atom. The Morgan fingerprint density at radius 3 is 2.54 bits per heavy atom. The number of piperidine rings is 1. The number of carbonyl (C=O) groups is 1. The van der Waals surface area contributed by atoms with Gasteiger partial charge in [0.05, 0.1) is 12.1 Å². The number of hydrogen-bond donors (Lipinski definition) is 6. The van der Waals surface area contributed by atoms with Gasteiger partial charge in [-0.25, -0.2) is 15.8 Å². The summed E-state index contributed by atoms with van der Waals surface area (Å²) in [7, 11) is 0. The summed E-state index contributed by atoms with van der Waals surface area (Å²) in [6.07, 6.45) is 1.53. The first-order valence-electron chi connectivity index (χ1n) is 8.27. The van der Waals surface area contributed by atoms with E-state index in [-0.39, 0.29) is 28.3 Å². The number of amidine groups is 1. The van der Waals surface area contributed by atoms with Crippen LogP contribution >= 0.6 is 11.6 Å². The van der Waals surface area contributed by atoms with Gasteiger partial charge in [0.2, 0.25) is 11.8 Å². The maximum absolute atomic E-state index is 12.7. The van der Waals surface area contributed by atoms with Crippen LogP contribution in [0.25, 0.3) is 0 Å². The smallest absolute Gasteiger partial charge is 0.279 e. The zero-order valence-electron chi connectivity index (χ0n) is 14.8. The predicted octanol–water partition coefficient (Wildman–Crippen LogP) is -2.26. The standard InChI is InChI=1S/C12H21ClN14O/c13-7-9(23-25-15)19-8(22-24-14)6(18-7)10(28)20-11-21-12(5-27(11)17)1-3-26(16)4-2-12/h6,18H,1-5,16-17H2,(H2,15,23)(H2,14,19,22)(H,20,21,28). The molecule has 1 amide bonds. The summed E-state index contributed by atoms with van der Waals surface area (Å²) < 4.78 is 0. The fraction of sp³-hybridized carbons (Fsp3) is 0.583. The lowest BCUT2D eigenvalue weighted by Crippen LogP contribution is -2.54. The fourth-order valence-electron chi connectivity index (χ4n) is 3.16. The van der Waals surface area contributed by atoms with Crippen LogP contribution in [0.5, 0.6) is 0 Å². The molecular formula is C12H21ClN14O. The molecule has 0 aromatic heterocycles. The van der Waals surface area contributed by atoms with Crippen LogP contribution in [-0.2, 0) is 4.79 Å². The van der Waals surface area contributed by atoms with Crippen molar-refractivity contribution in [1.29, 1.82) is 0 Å². The molecule has 2 fully saturated rings. The summed E-state index contributed by atoms with van der Waals surface area (Å²) in [4.78, 5) is 20.8.